The van der Waals surface area contributed by atoms with Gasteiger partial charge in [0.05, 0.1) is 12.2 Å². The molecule has 0 radical (unpaired) electrons. The molecule has 0 aliphatic carbocycles. The number of benzene rings is 1. The van der Waals surface area contributed by atoms with Gasteiger partial charge in [0.2, 0.25) is 0 Å². The van der Waals surface area contributed by atoms with E-state index in [1.165, 1.54) is 12.1 Å². The van der Waals surface area contributed by atoms with Gasteiger partial charge in [-0.25, -0.2) is 8.42 Å². The fourth-order valence-electron chi connectivity index (χ4n) is 1.64. The maximum Gasteiger partial charge on any atom is 0.416 e. The lowest BCUT2D eigenvalue weighted by Gasteiger charge is -2.10. The van der Waals surface area contributed by atoms with Gasteiger partial charge in [0, 0.05) is 17.6 Å². The molecular formula is C12H11F3N2O3S. The summed E-state index contributed by atoms with van der Waals surface area (Å²) in [5, 5.41) is 8.86. The molecule has 3 N–H and O–H groups in total. The molecule has 0 saturated heterocycles. The molecule has 0 bridgehead atoms. The summed E-state index contributed by atoms with van der Waals surface area (Å²) >= 11 is 0. The van der Waals surface area contributed by atoms with Gasteiger partial charge in [-0.3, -0.25) is 4.72 Å². The first-order valence-corrected chi connectivity index (χ1v) is 7.19. The van der Waals surface area contributed by atoms with Crippen molar-refractivity contribution in [3.05, 3.63) is 47.8 Å². The van der Waals surface area contributed by atoms with Gasteiger partial charge in [-0.1, -0.05) is 6.07 Å². The number of anilines is 1. The fourth-order valence-corrected chi connectivity index (χ4v) is 2.71. The van der Waals surface area contributed by atoms with Gasteiger partial charge in [-0.2, -0.15) is 13.2 Å². The van der Waals surface area contributed by atoms with E-state index in [2.05, 4.69) is 9.71 Å². The number of hydrogen-bond acceptors (Lipinski definition) is 3. The summed E-state index contributed by atoms with van der Waals surface area (Å²) in [5.41, 5.74) is -0.871. The molecule has 5 nitrogen and oxygen atoms in total. The van der Waals surface area contributed by atoms with Crippen molar-refractivity contribution in [1.82, 2.24) is 4.98 Å². The van der Waals surface area contributed by atoms with E-state index in [4.69, 9.17) is 5.11 Å². The van der Waals surface area contributed by atoms with Crippen LogP contribution >= 0.6 is 0 Å². The van der Waals surface area contributed by atoms with E-state index in [1.807, 2.05) is 0 Å². The third-order valence-electron chi connectivity index (χ3n) is 2.64. The molecule has 0 atom stereocenters. The second-order valence-corrected chi connectivity index (χ2v) is 5.89. The van der Waals surface area contributed by atoms with Gasteiger partial charge < -0.3 is 10.1 Å². The molecule has 0 aliphatic rings. The molecule has 0 spiro atoms. The molecule has 9 heteroatoms. The van der Waals surface area contributed by atoms with Gasteiger partial charge in [0.25, 0.3) is 10.0 Å². The van der Waals surface area contributed by atoms with E-state index in [0.29, 0.717) is 6.07 Å². The van der Waals surface area contributed by atoms with Crippen molar-refractivity contribution in [3.63, 3.8) is 0 Å². The first-order valence-electron chi connectivity index (χ1n) is 5.70. The van der Waals surface area contributed by atoms with Gasteiger partial charge in [-0.05, 0) is 24.3 Å². The van der Waals surface area contributed by atoms with Gasteiger partial charge in [0.1, 0.15) is 4.90 Å². The predicted molar refractivity (Wildman–Crippen MR) is 69.0 cm³/mol. The van der Waals surface area contributed by atoms with E-state index in [-0.39, 0.29) is 22.9 Å². The number of aliphatic hydroxyl groups is 1. The maximum absolute atomic E-state index is 12.6. The molecule has 0 unspecified atom stereocenters. The molecule has 2 aromatic rings. The number of rotatable bonds is 4. The van der Waals surface area contributed by atoms with Gasteiger partial charge >= 0.3 is 6.18 Å². The monoisotopic (exact) mass is 320 g/mol. The number of hydrogen-bond donors (Lipinski definition) is 3. The standard InChI is InChI=1S/C12H11F3N2O3S/c13-12(14,15)8-2-1-3-9(4-8)17-21(19,20)11-5-10(7-18)16-6-11/h1-6,16-18H,7H2. The number of halogens is 3. The molecule has 21 heavy (non-hydrogen) atoms. The summed E-state index contributed by atoms with van der Waals surface area (Å²) in [6.07, 6.45) is -3.42. The first-order chi connectivity index (χ1) is 9.72. The summed E-state index contributed by atoms with van der Waals surface area (Å²) in [4.78, 5) is 2.36. The van der Waals surface area contributed by atoms with Crippen LogP contribution in [0.15, 0.2) is 41.4 Å². The Hall–Kier alpha value is -2.00. The van der Waals surface area contributed by atoms with Crippen molar-refractivity contribution >= 4 is 15.7 Å². The molecule has 0 saturated carbocycles. The minimum Gasteiger partial charge on any atom is -0.390 e. The van der Waals surface area contributed by atoms with Crippen LogP contribution in [0.2, 0.25) is 0 Å². The highest BCUT2D eigenvalue weighted by molar-refractivity contribution is 7.92. The van der Waals surface area contributed by atoms with E-state index >= 15 is 0 Å². The highest BCUT2D eigenvalue weighted by Gasteiger charge is 2.30. The second kappa shape index (κ2) is 5.41. The Bertz CT molecular complexity index is 738. The zero-order valence-electron chi connectivity index (χ0n) is 10.5. The minimum atomic E-state index is -4.56. The van der Waals surface area contributed by atoms with Crippen molar-refractivity contribution in [3.8, 4) is 0 Å². The summed E-state index contributed by atoms with van der Waals surface area (Å²) in [5.74, 6) is 0. The number of aromatic nitrogens is 1. The molecule has 1 heterocycles. The summed E-state index contributed by atoms with van der Waals surface area (Å²) < 4.78 is 63.7. The highest BCUT2D eigenvalue weighted by Crippen LogP contribution is 2.31. The normalized spacial score (nSPS) is 12.4. The van der Waals surface area contributed by atoms with Crippen molar-refractivity contribution in [2.24, 2.45) is 0 Å². The first kappa shape index (κ1) is 15.4. The Morgan fingerprint density at radius 2 is 1.95 bits per heavy atom. The van der Waals surface area contributed by atoms with Crippen LogP contribution < -0.4 is 4.72 Å². The van der Waals surface area contributed by atoms with Crippen molar-refractivity contribution in [2.75, 3.05) is 4.72 Å². The zero-order chi connectivity index (χ0) is 15.7. The van der Waals surface area contributed by atoms with Crippen LogP contribution in [0.25, 0.3) is 0 Å². The largest absolute Gasteiger partial charge is 0.416 e. The number of aromatic amines is 1. The highest BCUT2D eigenvalue weighted by atomic mass is 32.2. The molecule has 1 aromatic heterocycles. The fraction of sp³-hybridized carbons (Fsp3) is 0.167. The van der Waals surface area contributed by atoms with E-state index in [9.17, 15) is 21.6 Å². The SMILES string of the molecule is O=S(=O)(Nc1cccc(C(F)(F)F)c1)c1c[nH]c(CO)c1. The van der Waals surface area contributed by atoms with E-state index in [0.717, 1.165) is 18.3 Å². The van der Waals surface area contributed by atoms with Crippen LogP contribution in [0.1, 0.15) is 11.3 Å². The smallest absolute Gasteiger partial charge is 0.390 e. The second-order valence-electron chi connectivity index (χ2n) is 4.20. The maximum atomic E-state index is 12.6. The van der Waals surface area contributed by atoms with E-state index < -0.39 is 21.8 Å². The molecule has 0 aliphatic heterocycles. The van der Waals surface area contributed by atoms with Crippen LogP contribution in [-0.4, -0.2) is 18.5 Å². The number of H-pyrrole nitrogens is 1. The van der Waals surface area contributed by atoms with Crippen LogP contribution in [-0.2, 0) is 22.8 Å². The van der Waals surface area contributed by atoms with E-state index in [1.54, 1.807) is 0 Å². The number of alkyl halides is 3. The summed E-state index contributed by atoms with van der Waals surface area (Å²) in [6.45, 7) is -0.376. The lowest BCUT2D eigenvalue weighted by Crippen LogP contribution is -2.13. The molecule has 2 rings (SSSR count). The molecule has 114 valence electrons. The Morgan fingerprint density at radius 3 is 2.52 bits per heavy atom. The Morgan fingerprint density at radius 1 is 1.24 bits per heavy atom. The van der Waals surface area contributed by atoms with Gasteiger partial charge in [-0.15, -0.1) is 0 Å². The lowest BCUT2D eigenvalue weighted by atomic mass is 10.2. The van der Waals surface area contributed by atoms with Crippen LogP contribution in [0.3, 0.4) is 0 Å². The van der Waals surface area contributed by atoms with Crippen molar-refractivity contribution in [2.45, 2.75) is 17.7 Å². The van der Waals surface area contributed by atoms with Gasteiger partial charge in [0.15, 0.2) is 0 Å². The summed E-state index contributed by atoms with van der Waals surface area (Å²) in [6, 6.07) is 5.06. The van der Waals surface area contributed by atoms with Crippen LogP contribution in [0.4, 0.5) is 18.9 Å². The van der Waals surface area contributed by atoms with Crippen molar-refractivity contribution in [1.29, 1.82) is 0 Å². The summed E-state index contributed by atoms with van der Waals surface area (Å²) in [7, 11) is -4.02. The third kappa shape index (κ3) is 3.56. The third-order valence-corrected chi connectivity index (χ3v) is 4.00. The predicted octanol–water partition coefficient (Wildman–Crippen LogP) is 2.33. The van der Waals surface area contributed by atoms with Crippen LogP contribution in [0.5, 0.6) is 0 Å². The lowest BCUT2D eigenvalue weighted by molar-refractivity contribution is -0.137. The van der Waals surface area contributed by atoms with Crippen LogP contribution in [0, 0.1) is 0 Å². The molecule has 1 aromatic carbocycles. The van der Waals surface area contributed by atoms with Crippen molar-refractivity contribution < 1.29 is 26.7 Å². The quantitative estimate of drug-likeness (QED) is 0.808. The average molecular weight is 320 g/mol. The minimum absolute atomic E-state index is 0.177. The number of sulfonamides is 1. The average Bonchev–Trinajstić information content (AvgIpc) is 2.87. The molecular weight excluding hydrogens is 309 g/mol. The Kier molecular flexibility index (Phi) is 3.97. The topological polar surface area (TPSA) is 82.2 Å². The Balaban J connectivity index is 2.28. The molecule has 0 fully saturated rings. The Labute approximate surface area is 118 Å². The zero-order valence-corrected chi connectivity index (χ0v) is 11.3. The molecule has 0 amide bonds. The number of aliphatic hydroxyl groups excluding tert-OH is 1. The number of nitrogens with one attached hydrogen (secondary N) is 2.